The van der Waals surface area contributed by atoms with E-state index >= 15 is 0 Å². The van der Waals surface area contributed by atoms with Crippen LogP contribution >= 0.6 is 0 Å². The molecular weight excluding hydrogens is 233 g/mol. The SMILES string of the molecule is CNC1CC(C2CCOC2)Oc2ccc(F)cc21. The Morgan fingerprint density at radius 3 is 3.00 bits per heavy atom. The van der Waals surface area contributed by atoms with E-state index in [1.54, 1.807) is 12.1 Å². The molecule has 18 heavy (non-hydrogen) atoms. The van der Waals surface area contributed by atoms with Gasteiger partial charge in [0.05, 0.1) is 6.61 Å². The minimum absolute atomic E-state index is 0.162. The third-order valence-corrected chi connectivity index (χ3v) is 3.93. The molecule has 1 fully saturated rings. The molecule has 0 radical (unpaired) electrons. The molecule has 98 valence electrons. The second kappa shape index (κ2) is 4.86. The van der Waals surface area contributed by atoms with Crippen LogP contribution in [0.15, 0.2) is 18.2 Å². The van der Waals surface area contributed by atoms with Gasteiger partial charge in [-0.1, -0.05) is 0 Å². The summed E-state index contributed by atoms with van der Waals surface area (Å²) >= 11 is 0. The van der Waals surface area contributed by atoms with Crippen LogP contribution in [-0.4, -0.2) is 26.4 Å². The van der Waals surface area contributed by atoms with Crippen molar-refractivity contribution in [2.45, 2.75) is 25.0 Å². The lowest BCUT2D eigenvalue weighted by atomic mass is 9.89. The second-order valence-electron chi connectivity index (χ2n) is 5.04. The molecular formula is C14H18FNO2. The summed E-state index contributed by atoms with van der Waals surface area (Å²) in [6.45, 7) is 1.60. The molecule has 3 unspecified atom stereocenters. The first-order valence-corrected chi connectivity index (χ1v) is 6.49. The van der Waals surface area contributed by atoms with Gasteiger partial charge in [-0.3, -0.25) is 0 Å². The van der Waals surface area contributed by atoms with Gasteiger partial charge in [0.15, 0.2) is 0 Å². The fourth-order valence-corrected chi connectivity index (χ4v) is 2.88. The maximum Gasteiger partial charge on any atom is 0.124 e. The van der Waals surface area contributed by atoms with Crippen LogP contribution in [0.2, 0.25) is 0 Å². The highest BCUT2D eigenvalue weighted by atomic mass is 19.1. The van der Waals surface area contributed by atoms with Crippen molar-refractivity contribution in [3.8, 4) is 5.75 Å². The molecule has 2 aliphatic heterocycles. The van der Waals surface area contributed by atoms with Crippen molar-refractivity contribution >= 4 is 0 Å². The largest absolute Gasteiger partial charge is 0.490 e. The van der Waals surface area contributed by atoms with Crippen LogP contribution in [0.25, 0.3) is 0 Å². The Hall–Kier alpha value is -1.13. The van der Waals surface area contributed by atoms with E-state index in [4.69, 9.17) is 9.47 Å². The summed E-state index contributed by atoms with van der Waals surface area (Å²) in [4.78, 5) is 0. The summed E-state index contributed by atoms with van der Waals surface area (Å²) in [5, 5.41) is 3.25. The zero-order valence-corrected chi connectivity index (χ0v) is 10.5. The third-order valence-electron chi connectivity index (χ3n) is 3.93. The quantitative estimate of drug-likeness (QED) is 0.874. The molecule has 3 atom stereocenters. The van der Waals surface area contributed by atoms with Crippen molar-refractivity contribution in [3.63, 3.8) is 0 Å². The second-order valence-corrected chi connectivity index (χ2v) is 5.04. The zero-order valence-electron chi connectivity index (χ0n) is 10.5. The van der Waals surface area contributed by atoms with Gasteiger partial charge in [-0.15, -0.1) is 0 Å². The van der Waals surface area contributed by atoms with Crippen LogP contribution in [0.3, 0.4) is 0 Å². The molecule has 1 N–H and O–H groups in total. The molecule has 0 amide bonds. The van der Waals surface area contributed by atoms with Crippen molar-refractivity contribution in [2.75, 3.05) is 20.3 Å². The van der Waals surface area contributed by atoms with Gasteiger partial charge in [0, 0.05) is 30.6 Å². The van der Waals surface area contributed by atoms with Gasteiger partial charge in [0.1, 0.15) is 17.7 Å². The van der Waals surface area contributed by atoms with Gasteiger partial charge in [-0.2, -0.15) is 0 Å². The minimum atomic E-state index is -0.208. The maximum atomic E-state index is 13.3. The molecule has 3 nitrogen and oxygen atoms in total. The Bertz CT molecular complexity index is 432. The topological polar surface area (TPSA) is 30.5 Å². The Morgan fingerprint density at radius 2 is 2.28 bits per heavy atom. The lowest BCUT2D eigenvalue weighted by Gasteiger charge is -2.34. The van der Waals surface area contributed by atoms with E-state index in [9.17, 15) is 4.39 Å². The van der Waals surface area contributed by atoms with E-state index in [1.807, 2.05) is 7.05 Å². The summed E-state index contributed by atoms with van der Waals surface area (Å²) in [5.74, 6) is 1.05. The van der Waals surface area contributed by atoms with Crippen LogP contribution in [0.4, 0.5) is 4.39 Å². The molecule has 0 bridgehead atoms. The number of fused-ring (bicyclic) bond motifs is 1. The molecule has 2 aliphatic rings. The zero-order chi connectivity index (χ0) is 12.5. The predicted octanol–water partition coefficient (Wildman–Crippen LogP) is 2.27. The van der Waals surface area contributed by atoms with Gasteiger partial charge >= 0.3 is 0 Å². The standard InChI is InChI=1S/C14H18FNO2/c1-16-12-7-14(9-4-5-17-8-9)18-13-3-2-10(15)6-11(12)13/h2-3,6,9,12,14,16H,4-5,7-8H2,1H3. The molecule has 1 aromatic rings. The van der Waals surface area contributed by atoms with E-state index in [-0.39, 0.29) is 18.0 Å². The van der Waals surface area contributed by atoms with Gasteiger partial charge in [-0.05, 0) is 31.7 Å². The van der Waals surface area contributed by atoms with E-state index in [1.165, 1.54) is 6.07 Å². The lowest BCUT2D eigenvalue weighted by Crippen LogP contribution is -2.36. The number of ether oxygens (including phenoxy) is 2. The third kappa shape index (κ3) is 2.10. The Kier molecular flexibility index (Phi) is 3.22. The Labute approximate surface area is 106 Å². The minimum Gasteiger partial charge on any atom is -0.490 e. The van der Waals surface area contributed by atoms with Crippen LogP contribution < -0.4 is 10.1 Å². The maximum absolute atomic E-state index is 13.3. The first kappa shape index (κ1) is 11.9. The van der Waals surface area contributed by atoms with Gasteiger partial charge < -0.3 is 14.8 Å². The molecule has 1 aromatic carbocycles. The van der Waals surface area contributed by atoms with Gasteiger partial charge in [0.25, 0.3) is 0 Å². The molecule has 0 aliphatic carbocycles. The van der Waals surface area contributed by atoms with Crippen molar-refractivity contribution < 1.29 is 13.9 Å². The summed E-state index contributed by atoms with van der Waals surface area (Å²) in [5.41, 5.74) is 0.924. The number of benzene rings is 1. The van der Waals surface area contributed by atoms with E-state index in [0.29, 0.717) is 5.92 Å². The highest BCUT2D eigenvalue weighted by molar-refractivity contribution is 5.38. The number of halogens is 1. The number of nitrogens with one attached hydrogen (secondary N) is 1. The van der Waals surface area contributed by atoms with Crippen molar-refractivity contribution in [1.29, 1.82) is 0 Å². The highest BCUT2D eigenvalue weighted by Gasteiger charge is 2.34. The van der Waals surface area contributed by atoms with Crippen molar-refractivity contribution in [2.24, 2.45) is 5.92 Å². The highest BCUT2D eigenvalue weighted by Crippen LogP contribution is 2.38. The Balaban J connectivity index is 1.86. The first-order valence-electron chi connectivity index (χ1n) is 6.49. The molecule has 0 spiro atoms. The Morgan fingerprint density at radius 1 is 1.39 bits per heavy atom. The molecule has 4 heteroatoms. The summed E-state index contributed by atoms with van der Waals surface area (Å²) < 4.78 is 24.7. The number of hydrogen-bond acceptors (Lipinski definition) is 3. The van der Waals surface area contributed by atoms with E-state index < -0.39 is 0 Å². The predicted molar refractivity (Wildman–Crippen MR) is 66.2 cm³/mol. The average molecular weight is 251 g/mol. The smallest absolute Gasteiger partial charge is 0.124 e. The van der Waals surface area contributed by atoms with E-state index in [2.05, 4.69) is 5.32 Å². The van der Waals surface area contributed by atoms with E-state index in [0.717, 1.165) is 37.4 Å². The van der Waals surface area contributed by atoms with Gasteiger partial charge in [0.2, 0.25) is 0 Å². The molecule has 0 aromatic heterocycles. The van der Waals surface area contributed by atoms with Gasteiger partial charge in [-0.25, -0.2) is 4.39 Å². The lowest BCUT2D eigenvalue weighted by molar-refractivity contribution is 0.0811. The monoisotopic (exact) mass is 251 g/mol. The van der Waals surface area contributed by atoms with Crippen LogP contribution in [-0.2, 0) is 4.74 Å². The normalized spacial score (nSPS) is 30.9. The fraction of sp³-hybridized carbons (Fsp3) is 0.571. The fourth-order valence-electron chi connectivity index (χ4n) is 2.88. The average Bonchev–Trinajstić information content (AvgIpc) is 2.91. The van der Waals surface area contributed by atoms with Crippen molar-refractivity contribution in [3.05, 3.63) is 29.6 Å². The number of rotatable bonds is 2. The first-order chi connectivity index (χ1) is 8.78. The molecule has 1 saturated heterocycles. The molecule has 2 heterocycles. The van der Waals surface area contributed by atoms with Crippen LogP contribution in [0.1, 0.15) is 24.4 Å². The van der Waals surface area contributed by atoms with Crippen molar-refractivity contribution in [1.82, 2.24) is 5.32 Å². The van der Waals surface area contributed by atoms with Crippen LogP contribution in [0, 0.1) is 11.7 Å². The summed E-state index contributed by atoms with van der Waals surface area (Å²) in [6.07, 6.45) is 2.10. The summed E-state index contributed by atoms with van der Waals surface area (Å²) in [6, 6.07) is 4.92. The summed E-state index contributed by atoms with van der Waals surface area (Å²) in [7, 11) is 1.91. The number of hydrogen-bond donors (Lipinski definition) is 1. The molecule has 0 saturated carbocycles. The van der Waals surface area contributed by atoms with Crippen LogP contribution in [0.5, 0.6) is 5.75 Å². The molecule has 3 rings (SSSR count).